The lowest BCUT2D eigenvalue weighted by Crippen LogP contribution is -2.11. The van der Waals surface area contributed by atoms with Gasteiger partial charge in [-0.1, -0.05) is 23.2 Å². The zero-order valence-electron chi connectivity index (χ0n) is 13.6. The summed E-state index contributed by atoms with van der Waals surface area (Å²) in [6, 6.07) is 9.54. The van der Waals surface area contributed by atoms with E-state index in [0.29, 0.717) is 31.7 Å². The van der Waals surface area contributed by atoms with Crippen LogP contribution in [0.3, 0.4) is 0 Å². The zero-order valence-corrected chi connectivity index (χ0v) is 17.6. The van der Waals surface area contributed by atoms with Crippen LogP contribution in [0.1, 0.15) is 6.42 Å². The minimum Gasteiger partial charge on any atom is -0.497 e. The first-order valence-corrected chi connectivity index (χ1v) is 11.0. The number of thiazole rings is 1. The van der Waals surface area contributed by atoms with Gasteiger partial charge in [0, 0.05) is 28.0 Å². The van der Waals surface area contributed by atoms with Gasteiger partial charge in [-0.15, -0.1) is 34.4 Å². The van der Waals surface area contributed by atoms with Gasteiger partial charge in [0.1, 0.15) is 10.1 Å². The van der Waals surface area contributed by atoms with Crippen molar-refractivity contribution in [1.29, 1.82) is 0 Å². The quantitative estimate of drug-likeness (QED) is 0.433. The molecule has 1 amide bonds. The van der Waals surface area contributed by atoms with Gasteiger partial charge in [0.15, 0.2) is 5.13 Å². The molecule has 0 bridgehead atoms. The number of anilines is 1. The van der Waals surface area contributed by atoms with Crippen LogP contribution in [0.4, 0.5) is 5.13 Å². The van der Waals surface area contributed by atoms with Crippen LogP contribution in [0.5, 0.6) is 5.75 Å². The molecule has 0 saturated heterocycles. The molecule has 0 aliphatic rings. The highest BCUT2D eigenvalue weighted by atomic mass is 35.5. The number of nitrogens with zero attached hydrogens (tertiary/aromatic N) is 1. The van der Waals surface area contributed by atoms with E-state index in [1.807, 2.05) is 29.6 Å². The molecule has 4 nitrogen and oxygen atoms in total. The molecule has 0 spiro atoms. The van der Waals surface area contributed by atoms with E-state index in [0.717, 1.165) is 16.2 Å². The van der Waals surface area contributed by atoms with Crippen LogP contribution in [0, 0.1) is 0 Å². The number of nitrogens with one attached hydrogen (secondary N) is 1. The van der Waals surface area contributed by atoms with E-state index in [9.17, 15) is 4.79 Å². The van der Waals surface area contributed by atoms with Crippen LogP contribution in [0.25, 0.3) is 11.3 Å². The van der Waals surface area contributed by atoms with Crippen molar-refractivity contribution in [3.8, 4) is 17.0 Å². The summed E-state index contributed by atoms with van der Waals surface area (Å²) in [5, 5.41) is 5.23. The number of ether oxygens (including phenoxy) is 1. The summed E-state index contributed by atoms with van der Waals surface area (Å²) in [4.78, 5) is 17.6. The molecule has 2 heterocycles. The predicted molar refractivity (Wildman–Crippen MR) is 112 cm³/mol. The fourth-order valence-electron chi connectivity index (χ4n) is 2.09. The Kier molecular flexibility index (Phi) is 6.83. The third kappa shape index (κ3) is 5.14. The normalized spacial score (nSPS) is 10.7. The number of benzene rings is 1. The van der Waals surface area contributed by atoms with Crippen LogP contribution < -0.4 is 10.1 Å². The largest absolute Gasteiger partial charge is 0.497 e. The summed E-state index contributed by atoms with van der Waals surface area (Å²) in [7, 11) is 1.64. The first-order valence-electron chi connectivity index (χ1n) is 7.52. The Morgan fingerprint density at radius 2 is 2.08 bits per heavy atom. The lowest BCUT2D eigenvalue weighted by atomic mass is 10.3. The Labute approximate surface area is 173 Å². The molecule has 0 aliphatic carbocycles. The van der Waals surface area contributed by atoms with E-state index in [-0.39, 0.29) is 5.91 Å². The van der Waals surface area contributed by atoms with E-state index in [1.54, 1.807) is 24.9 Å². The second-order valence-electron chi connectivity index (χ2n) is 5.10. The Hall–Kier alpha value is -1.25. The number of carbonyl (C=O) groups is 1. The van der Waals surface area contributed by atoms with Gasteiger partial charge in [-0.3, -0.25) is 4.79 Å². The van der Waals surface area contributed by atoms with Crippen LogP contribution in [0.2, 0.25) is 8.67 Å². The number of carbonyl (C=O) groups excluding carboxylic acids is 1. The molecule has 2 aromatic heterocycles. The summed E-state index contributed by atoms with van der Waals surface area (Å²) >= 11 is 16.4. The van der Waals surface area contributed by atoms with Crippen molar-refractivity contribution >= 4 is 68.7 Å². The van der Waals surface area contributed by atoms with Gasteiger partial charge in [0.2, 0.25) is 5.91 Å². The third-order valence-electron chi connectivity index (χ3n) is 3.34. The van der Waals surface area contributed by atoms with Gasteiger partial charge in [0.05, 0.1) is 17.1 Å². The molecule has 0 saturated carbocycles. The summed E-state index contributed by atoms with van der Waals surface area (Å²) in [6.07, 6.45) is 0.399. The Bertz CT molecular complexity index is 894. The molecule has 3 aromatic rings. The standard InChI is InChI=1S/C17H14Cl2N2O2S3/c1-23-10-2-4-11(5-3-10)24-7-6-15(22)21-17-20-13(9-25-17)12-8-14(18)26-16(12)19/h2-5,8-9H,6-7H2,1H3,(H,20,21,22). The maximum atomic E-state index is 12.1. The van der Waals surface area contributed by atoms with Gasteiger partial charge in [-0.25, -0.2) is 4.98 Å². The number of rotatable bonds is 7. The number of thioether (sulfide) groups is 1. The van der Waals surface area contributed by atoms with Crippen LogP contribution >= 0.6 is 57.6 Å². The smallest absolute Gasteiger partial charge is 0.226 e. The Morgan fingerprint density at radius 3 is 2.73 bits per heavy atom. The van der Waals surface area contributed by atoms with Crippen molar-refractivity contribution < 1.29 is 9.53 Å². The number of methoxy groups -OCH3 is 1. The van der Waals surface area contributed by atoms with Crippen molar-refractivity contribution in [1.82, 2.24) is 4.98 Å². The molecule has 0 fully saturated rings. The molecule has 26 heavy (non-hydrogen) atoms. The average Bonchev–Trinajstić information content (AvgIpc) is 3.21. The molecule has 0 atom stereocenters. The molecule has 1 N–H and O–H groups in total. The fourth-order valence-corrected chi connectivity index (χ4v) is 5.14. The number of hydrogen-bond acceptors (Lipinski definition) is 6. The van der Waals surface area contributed by atoms with Gasteiger partial charge in [0.25, 0.3) is 0 Å². The molecular weight excluding hydrogens is 431 g/mol. The maximum absolute atomic E-state index is 12.1. The van der Waals surface area contributed by atoms with Crippen molar-refractivity contribution in [2.45, 2.75) is 11.3 Å². The summed E-state index contributed by atoms with van der Waals surface area (Å²) in [5.41, 5.74) is 1.50. The maximum Gasteiger partial charge on any atom is 0.226 e. The van der Waals surface area contributed by atoms with Crippen molar-refractivity contribution in [2.24, 2.45) is 0 Å². The third-order valence-corrected chi connectivity index (χ3v) is 6.60. The van der Waals surface area contributed by atoms with E-state index < -0.39 is 0 Å². The minimum atomic E-state index is -0.0682. The molecule has 0 unspecified atom stereocenters. The van der Waals surface area contributed by atoms with E-state index in [4.69, 9.17) is 27.9 Å². The first-order chi connectivity index (χ1) is 12.5. The molecule has 1 aromatic carbocycles. The van der Waals surface area contributed by atoms with Crippen molar-refractivity contribution in [3.63, 3.8) is 0 Å². The average molecular weight is 445 g/mol. The molecule has 0 aliphatic heterocycles. The summed E-state index contributed by atoms with van der Waals surface area (Å²) < 4.78 is 6.33. The van der Waals surface area contributed by atoms with Gasteiger partial charge in [-0.05, 0) is 30.3 Å². The van der Waals surface area contributed by atoms with Crippen molar-refractivity contribution in [3.05, 3.63) is 44.4 Å². The highest BCUT2D eigenvalue weighted by molar-refractivity contribution is 7.99. The second kappa shape index (κ2) is 9.10. The van der Waals surface area contributed by atoms with Crippen molar-refractivity contribution in [2.75, 3.05) is 18.2 Å². The predicted octanol–water partition coefficient (Wildman–Crippen LogP) is 6.31. The van der Waals surface area contributed by atoms with Gasteiger partial charge in [-0.2, -0.15) is 0 Å². The van der Waals surface area contributed by atoms with Gasteiger partial charge >= 0.3 is 0 Å². The van der Waals surface area contributed by atoms with Gasteiger partial charge < -0.3 is 10.1 Å². The SMILES string of the molecule is COc1ccc(SCCC(=O)Nc2nc(-c3cc(Cl)sc3Cl)cs2)cc1. The molecule has 9 heteroatoms. The lowest BCUT2D eigenvalue weighted by molar-refractivity contribution is -0.115. The Morgan fingerprint density at radius 1 is 1.31 bits per heavy atom. The van der Waals surface area contributed by atoms with E-state index in [2.05, 4.69) is 10.3 Å². The second-order valence-corrected chi connectivity index (χ2v) is 9.41. The van der Waals surface area contributed by atoms with Crippen LogP contribution in [-0.2, 0) is 4.79 Å². The number of halogens is 2. The fraction of sp³-hybridized carbons (Fsp3) is 0.176. The van der Waals surface area contributed by atoms with Crippen LogP contribution in [0.15, 0.2) is 40.6 Å². The Balaban J connectivity index is 1.49. The summed E-state index contributed by atoms with van der Waals surface area (Å²) in [6.45, 7) is 0. The van der Waals surface area contributed by atoms with E-state index in [1.165, 1.54) is 22.7 Å². The zero-order chi connectivity index (χ0) is 18.5. The minimum absolute atomic E-state index is 0.0682. The number of thiophene rings is 1. The molecular formula is C17H14Cl2N2O2S3. The monoisotopic (exact) mass is 444 g/mol. The first kappa shape index (κ1) is 19.5. The number of hydrogen-bond donors (Lipinski definition) is 1. The summed E-state index contributed by atoms with van der Waals surface area (Å²) in [5.74, 6) is 1.43. The molecule has 0 radical (unpaired) electrons. The highest BCUT2D eigenvalue weighted by Crippen LogP contribution is 2.39. The lowest BCUT2D eigenvalue weighted by Gasteiger charge is -2.04. The highest BCUT2D eigenvalue weighted by Gasteiger charge is 2.13. The van der Waals surface area contributed by atoms with E-state index >= 15 is 0 Å². The number of aromatic nitrogens is 1. The van der Waals surface area contributed by atoms with Crippen LogP contribution in [-0.4, -0.2) is 23.8 Å². The topological polar surface area (TPSA) is 51.2 Å². The molecule has 3 rings (SSSR count). The molecule has 136 valence electrons. The number of amides is 1.